The molecule has 2 unspecified atom stereocenters. The molecule has 1 aromatic rings. The van der Waals surface area contributed by atoms with Crippen LogP contribution in [-0.4, -0.2) is 35.5 Å². The van der Waals surface area contributed by atoms with Gasteiger partial charge in [-0.25, -0.2) is 14.5 Å². The van der Waals surface area contributed by atoms with Crippen LogP contribution >= 0.6 is 0 Å². The second kappa shape index (κ2) is 4.68. The number of halogens is 1. The highest BCUT2D eigenvalue weighted by Crippen LogP contribution is 2.31. The maximum Gasteiger partial charge on any atom is 0.296 e. The minimum atomic E-state index is -0.946. The number of hydrogen-bond acceptors (Lipinski definition) is 3. The average molecular weight is 291 g/mol. The molecular formula is C14H18FN5O. The van der Waals surface area contributed by atoms with E-state index in [9.17, 15) is 9.60 Å². The summed E-state index contributed by atoms with van der Waals surface area (Å²) in [5, 5.41) is 28.7. The standard InChI is InChI=1S/C14H18FN5O/c1-8-5-9(2)13(19(21)7-8)20-12(16)11-6-10(15)3-4-18(11)14(20)17/h5,7,10-11,16-17H,3-4,6H2,1-2H3. The van der Waals surface area contributed by atoms with Crippen molar-refractivity contribution in [1.82, 2.24) is 4.90 Å². The molecule has 2 fully saturated rings. The van der Waals surface area contributed by atoms with E-state index in [1.807, 2.05) is 13.0 Å². The van der Waals surface area contributed by atoms with Gasteiger partial charge in [-0.3, -0.25) is 5.41 Å². The number of fused-ring (bicyclic) bond motifs is 1. The van der Waals surface area contributed by atoms with E-state index in [4.69, 9.17) is 10.8 Å². The summed E-state index contributed by atoms with van der Waals surface area (Å²) in [4.78, 5) is 3.04. The Kier molecular flexibility index (Phi) is 3.07. The number of nitrogens with one attached hydrogen (secondary N) is 2. The Morgan fingerprint density at radius 1 is 1.38 bits per heavy atom. The number of aryl methyl sites for hydroxylation is 2. The molecule has 0 radical (unpaired) electrons. The van der Waals surface area contributed by atoms with E-state index in [2.05, 4.69) is 0 Å². The second-order valence-electron chi connectivity index (χ2n) is 5.72. The molecule has 2 atom stereocenters. The topological polar surface area (TPSA) is 81.1 Å². The molecule has 0 aliphatic carbocycles. The second-order valence-corrected chi connectivity index (χ2v) is 5.72. The minimum Gasteiger partial charge on any atom is -0.711 e. The van der Waals surface area contributed by atoms with E-state index in [1.165, 1.54) is 11.1 Å². The van der Waals surface area contributed by atoms with Crippen LogP contribution in [0.3, 0.4) is 0 Å². The van der Waals surface area contributed by atoms with E-state index in [0.29, 0.717) is 23.3 Å². The van der Waals surface area contributed by atoms with Crippen molar-refractivity contribution in [3.8, 4) is 0 Å². The van der Waals surface area contributed by atoms with Crippen molar-refractivity contribution < 1.29 is 9.12 Å². The minimum absolute atomic E-state index is 0.0912. The third-order valence-corrected chi connectivity index (χ3v) is 4.12. The normalized spacial score (nSPS) is 25.5. The molecule has 21 heavy (non-hydrogen) atoms. The van der Waals surface area contributed by atoms with Crippen LogP contribution in [0.4, 0.5) is 10.2 Å². The van der Waals surface area contributed by atoms with Crippen LogP contribution in [-0.2, 0) is 0 Å². The average Bonchev–Trinajstić information content (AvgIpc) is 2.62. The van der Waals surface area contributed by atoms with Crippen molar-refractivity contribution in [3.05, 3.63) is 28.6 Å². The zero-order valence-electron chi connectivity index (χ0n) is 12.1. The molecule has 0 spiro atoms. The van der Waals surface area contributed by atoms with Crippen molar-refractivity contribution in [1.29, 1.82) is 10.8 Å². The highest BCUT2D eigenvalue weighted by atomic mass is 19.1. The highest BCUT2D eigenvalue weighted by molar-refractivity contribution is 6.22. The molecule has 6 nitrogen and oxygen atoms in total. The zero-order chi connectivity index (χ0) is 15.3. The van der Waals surface area contributed by atoms with Crippen molar-refractivity contribution in [2.45, 2.75) is 38.9 Å². The van der Waals surface area contributed by atoms with Crippen LogP contribution < -0.4 is 9.63 Å². The van der Waals surface area contributed by atoms with E-state index in [-0.39, 0.29) is 24.0 Å². The van der Waals surface area contributed by atoms with Gasteiger partial charge in [-0.2, -0.15) is 0 Å². The van der Waals surface area contributed by atoms with Crippen molar-refractivity contribution in [3.63, 3.8) is 0 Å². The molecule has 0 bridgehead atoms. The lowest BCUT2D eigenvalue weighted by Gasteiger charge is -2.28. The zero-order valence-corrected chi connectivity index (χ0v) is 12.1. The van der Waals surface area contributed by atoms with Crippen LogP contribution in [0.15, 0.2) is 12.3 Å². The molecule has 2 aliphatic heterocycles. The third-order valence-electron chi connectivity index (χ3n) is 4.12. The number of hydrogen-bond donors (Lipinski definition) is 2. The predicted molar refractivity (Wildman–Crippen MR) is 77.4 cm³/mol. The van der Waals surface area contributed by atoms with E-state index < -0.39 is 12.2 Å². The number of piperidine rings is 1. The van der Waals surface area contributed by atoms with Gasteiger partial charge >= 0.3 is 0 Å². The fourth-order valence-electron chi connectivity index (χ4n) is 3.18. The SMILES string of the molecule is Cc1cc(C)c(N2C(=N)C3CC(F)CCN3C2=N)[n+]([O-])c1. The first-order valence-electron chi connectivity index (χ1n) is 6.98. The lowest BCUT2D eigenvalue weighted by atomic mass is 10.0. The fourth-order valence-corrected chi connectivity index (χ4v) is 3.18. The van der Waals surface area contributed by atoms with Crippen LogP contribution in [0.1, 0.15) is 24.0 Å². The summed E-state index contributed by atoms with van der Waals surface area (Å²) in [5.74, 6) is 0.466. The van der Waals surface area contributed by atoms with E-state index in [0.717, 1.165) is 5.56 Å². The van der Waals surface area contributed by atoms with Gasteiger partial charge in [0, 0.05) is 18.5 Å². The first-order valence-corrected chi connectivity index (χ1v) is 6.98. The van der Waals surface area contributed by atoms with Crippen LogP contribution in [0, 0.1) is 29.9 Å². The molecule has 0 saturated carbocycles. The number of pyridine rings is 1. The number of rotatable bonds is 1. The molecule has 3 heterocycles. The third kappa shape index (κ3) is 2.03. The molecule has 112 valence electrons. The molecular weight excluding hydrogens is 273 g/mol. The molecule has 3 rings (SSSR count). The molecule has 0 amide bonds. The summed E-state index contributed by atoms with van der Waals surface area (Å²) in [6, 6.07) is 1.40. The largest absolute Gasteiger partial charge is 0.711 e. The lowest BCUT2D eigenvalue weighted by Crippen LogP contribution is -2.44. The number of nitrogens with zero attached hydrogens (tertiary/aromatic N) is 3. The predicted octanol–water partition coefficient (Wildman–Crippen LogP) is 1.47. The Bertz CT molecular complexity index is 609. The number of anilines is 1. The van der Waals surface area contributed by atoms with Crippen molar-refractivity contribution >= 4 is 17.6 Å². The summed E-state index contributed by atoms with van der Waals surface area (Å²) in [7, 11) is 0. The smallest absolute Gasteiger partial charge is 0.296 e. The van der Waals surface area contributed by atoms with E-state index in [1.54, 1.807) is 11.8 Å². The number of alkyl halides is 1. The number of amidine groups is 1. The van der Waals surface area contributed by atoms with Gasteiger partial charge in [-0.1, -0.05) is 0 Å². The van der Waals surface area contributed by atoms with Crippen LogP contribution in [0.2, 0.25) is 0 Å². The quantitative estimate of drug-likeness (QED) is 0.607. The van der Waals surface area contributed by atoms with Crippen molar-refractivity contribution in [2.75, 3.05) is 11.4 Å². The number of aromatic nitrogens is 1. The Hall–Kier alpha value is -2.18. The molecule has 2 N–H and O–H groups in total. The number of guanidine groups is 1. The van der Waals surface area contributed by atoms with Gasteiger partial charge in [0.05, 0.1) is 6.20 Å². The Morgan fingerprint density at radius 3 is 2.76 bits per heavy atom. The maximum absolute atomic E-state index is 13.6. The Balaban J connectivity index is 2.04. The maximum atomic E-state index is 13.6. The van der Waals surface area contributed by atoms with Gasteiger partial charge in [0.15, 0.2) is 0 Å². The van der Waals surface area contributed by atoms with Crippen LogP contribution in [0.5, 0.6) is 0 Å². The summed E-state index contributed by atoms with van der Waals surface area (Å²) in [5.41, 5.74) is 1.53. The van der Waals surface area contributed by atoms with Gasteiger partial charge in [-0.05, 0) is 31.9 Å². The molecule has 0 aromatic carbocycles. The van der Waals surface area contributed by atoms with Gasteiger partial charge in [0.1, 0.15) is 12.2 Å². The first kappa shape index (κ1) is 13.8. The molecule has 2 saturated heterocycles. The van der Waals surface area contributed by atoms with Crippen molar-refractivity contribution in [2.24, 2.45) is 0 Å². The Morgan fingerprint density at radius 2 is 2.10 bits per heavy atom. The van der Waals surface area contributed by atoms with Gasteiger partial charge in [0.2, 0.25) is 5.84 Å². The van der Waals surface area contributed by atoms with Gasteiger partial charge in [0.25, 0.3) is 11.8 Å². The van der Waals surface area contributed by atoms with Crippen LogP contribution in [0.25, 0.3) is 0 Å². The summed E-state index contributed by atoms with van der Waals surface area (Å²) in [6.45, 7) is 4.02. The van der Waals surface area contributed by atoms with Gasteiger partial charge < -0.3 is 10.1 Å². The first-order chi connectivity index (χ1) is 9.90. The van der Waals surface area contributed by atoms with Gasteiger partial charge in [-0.15, -0.1) is 4.90 Å². The highest BCUT2D eigenvalue weighted by Gasteiger charge is 2.50. The molecule has 2 aliphatic rings. The summed E-state index contributed by atoms with van der Waals surface area (Å²) >= 11 is 0. The Labute approximate surface area is 122 Å². The lowest BCUT2D eigenvalue weighted by molar-refractivity contribution is -0.591. The summed E-state index contributed by atoms with van der Waals surface area (Å²) in [6.07, 6.45) is 1.06. The fraction of sp³-hybridized carbons (Fsp3) is 0.500. The van der Waals surface area contributed by atoms with E-state index >= 15 is 0 Å². The molecule has 1 aromatic heterocycles. The summed E-state index contributed by atoms with van der Waals surface area (Å²) < 4.78 is 14.3. The monoisotopic (exact) mass is 291 g/mol. The molecule has 7 heteroatoms.